The third-order valence-corrected chi connectivity index (χ3v) is 12.4. The summed E-state index contributed by atoms with van der Waals surface area (Å²) < 4.78 is 11.2. The van der Waals surface area contributed by atoms with Gasteiger partial charge in [0.2, 0.25) is 17.7 Å². The minimum atomic E-state index is -1.99. The summed E-state index contributed by atoms with van der Waals surface area (Å²) in [6, 6.07) is -0.00636. The van der Waals surface area contributed by atoms with Crippen LogP contribution in [0.15, 0.2) is 10.8 Å². The van der Waals surface area contributed by atoms with E-state index in [-0.39, 0.29) is 40.1 Å². The number of nitrogens with zero attached hydrogens (tertiary/aromatic N) is 2. The number of carbonyl (C=O) groups excluding carboxylic acids is 2. The largest absolute Gasteiger partial charge is 0.512 e. The van der Waals surface area contributed by atoms with Crippen LogP contribution in [0.1, 0.15) is 40.0 Å². The number of carbonyl (C=O) groups is 3. The quantitative estimate of drug-likeness (QED) is 0.382. The molecule has 3 heterocycles. The van der Waals surface area contributed by atoms with Crippen LogP contribution in [-0.2, 0) is 18.8 Å². The molecule has 0 spiro atoms. The molecule has 0 radical (unpaired) electrons. The first-order chi connectivity index (χ1) is 13.3. The number of rotatable bonds is 6. The molecule has 10 heteroatoms. The van der Waals surface area contributed by atoms with E-state index in [0.29, 0.717) is 24.4 Å². The van der Waals surface area contributed by atoms with Crippen molar-refractivity contribution in [2.45, 2.75) is 69.6 Å². The zero-order valence-corrected chi connectivity index (χ0v) is 19.7. The molecule has 2 amide bonds. The number of hydrogen-bond donors (Lipinski definition) is 1. The van der Waals surface area contributed by atoms with Gasteiger partial charge >= 0.3 is 6.16 Å². The summed E-state index contributed by atoms with van der Waals surface area (Å²) in [7, 11) is -0.235. The first kappa shape index (κ1) is 22.2. The Hall–Kier alpha value is -1.52. The number of ether oxygens (including phenoxy) is 1. The van der Waals surface area contributed by atoms with E-state index in [4.69, 9.17) is 14.3 Å². The highest BCUT2D eigenvalue weighted by Crippen LogP contribution is 2.52. The van der Waals surface area contributed by atoms with Crippen LogP contribution in [0.25, 0.3) is 0 Å². The molecule has 0 unspecified atom stereocenters. The van der Waals surface area contributed by atoms with Crippen LogP contribution in [0, 0.1) is 5.92 Å². The van der Waals surface area contributed by atoms with Crippen LogP contribution in [0.2, 0.25) is 18.1 Å². The lowest BCUT2D eigenvalue weighted by molar-refractivity contribution is -0.151. The summed E-state index contributed by atoms with van der Waals surface area (Å²) in [4.78, 5) is 39.6. The first-order valence-corrected chi connectivity index (χ1v) is 13.7. The number of likely N-dealkylation sites (tertiary alicyclic amines) is 1. The smallest absolute Gasteiger partial charge is 0.449 e. The second-order valence-electron chi connectivity index (χ2n) is 9.39. The lowest BCUT2D eigenvalue weighted by Crippen LogP contribution is -2.59. The second-order valence-corrected chi connectivity index (χ2v) is 15.4. The zero-order chi connectivity index (χ0) is 21.7. The van der Waals surface area contributed by atoms with Gasteiger partial charge in [-0.2, -0.15) is 0 Å². The van der Waals surface area contributed by atoms with Gasteiger partial charge in [0.25, 0.3) is 0 Å². The van der Waals surface area contributed by atoms with Crippen LogP contribution in [0.5, 0.6) is 0 Å². The molecule has 3 rings (SSSR count). The van der Waals surface area contributed by atoms with E-state index in [1.165, 1.54) is 16.7 Å². The molecule has 29 heavy (non-hydrogen) atoms. The monoisotopic (exact) mass is 442 g/mol. The summed E-state index contributed by atoms with van der Waals surface area (Å²) in [5.41, 5.74) is 0. The molecule has 162 valence electrons. The number of thioether (sulfide) groups is 1. The summed E-state index contributed by atoms with van der Waals surface area (Å²) in [6.07, 6.45) is 0.258. The van der Waals surface area contributed by atoms with E-state index in [0.717, 1.165) is 6.42 Å². The molecule has 1 N–H and O–H groups in total. The fourth-order valence-corrected chi connectivity index (χ4v) is 6.03. The zero-order valence-electron chi connectivity index (χ0n) is 17.9. The number of carboxylic acid groups (broad SMARTS) is 1. The fraction of sp³-hybridized carbons (Fsp3) is 0.737. The summed E-state index contributed by atoms with van der Waals surface area (Å²) >= 11 is 1.46. The van der Waals surface area contributed by atoms with E-state index in [9.17, 15) is 14.4 Å². The Morgan fingerprint density at radius 1 is 1.31 bits per heavy atom. The number of β-lactam (4-membered cyclic amide) rings is 1. The van der Waals surface area contributed by atoms with E-state index >= 15 is 0 Å². The van der Waals surface area contributed by atoms with Crippen molar-refractivity contribution in [1.82, 2.24) is 9.80 Å². The van der Waals surface area contributed by atoms with Gasteiger partial charge in [0.05, 0.1) is 10.8 Å². The average Bonchev–Trinajstić information content (AvgIpc) is 3.06. The SMILES string of the molecule is CN1C(=O)CC[C@H]1CC1=C(OC(=O)O)N2C(=O)[C@H](CO[Si](C)(C)C(C)(C)C)[C@H]2S1. The van der Waals surface area contributed by atoms with Gasteiger partial charge in [-0.1, -0.05) is 32.5 Å². The molecule has 0 bridgehead atoms. The van der Waals surface area contributed by atoms with Crippen molar-refractivity contribution in [3.63, 3.8) is 0 Å². The van der Waals surface area contributed by atoms with Gasteiger partial charge in [0, 0.05) is 32.5 Å². The maximum absolute atomic E-state index is 12.8. The lowest BCUT2D eigenvalue weighted by Gasteiger charge is -2.44. The van der Waals surface area contributed by atoms with Crippen molar-refractivity contribution in [1.29, 1.82) is 0 Å². The lowest BCUT2D eigenvalue weighted by atomic mass is 10.00. The van der Waals surface area contributed by atoms with Crippen LogP contribution in [-0.4, -0.2) is 66.3 Å². The topological polar surface area (TPSA) is 96.4 Å². The average molecular weight is 443 g/mol. The highest BCUT2D eigenvalue weighted by atomic mass is 32.2. The van der Waals surface area contributed by atoms with Crippen molar-refractivity contribution in [2.75, 3.05) is 13.7 Å². The van der Waals surface area contributed by atoms with Crippen LogP contribution in [0.3, 0.4) is 0 Å². The third-order valence-electron chi connectivity index (χ3n) is 6.54. The van der Waals surface area contributed by atoms with E-state index in [1.807, 2.05) is 0 Å². The van der Waals surface area contributed by atoms with Crippen molar-refractivity contribution in [2.24, 2.45) is 5.92 Å². The highest BCUT2D eigenvalue weighted by molar-refractivity contribution is 8.04. The van der Waals surface area contributed by atoms with Crippen LogP contribution in [0.4, 0.5) is 4.79 Å². The molecule has 0 aromatic heterocycles. The maximum Gasteiger partial charge on any atom is 0.512 e. The number of hydrogen-bond acceptors (Lipinski definition) is 6. The molecule has 0 aromatic carbocycles. The Bertz CT molecular complexity index is 762. The number of amides is 2. The van der Waals surface area contributed by atoms with Crippen LogP contribution >= 0.6 is 11.8 Å². The fourth-order valence-electron chi connectivity index (χ4n) is 3.51. The molecular formula is C19H30N2O6SSi. The Morgan fingerprint density at radius 2 is 1.97 bits per heavy atom. The van der Waals surface area contributed by atoms with Gasteiger partial charge in [-0.25, -0.2) is 4.79 Å². The van der Waals surface area contributed by atoms with Gasteiger partial charge in [0.15, 0.2) is 8.32 Å². The molecule has 3 atom stereocenters. The van der Waals surface area contributed by atoms with Crippen molar-refractivity contribution in [3.05, 3.63) is 10.8 Å². The standard InChI is InChI=1S/C19H30N2O6SSi/c1-19(2,3)29(5,6)26-10-12-15(23)21-16(27-18(24)25)13(28-17(12)21)9-11-7-8-14(22)20(11)4/h11-12,17H,7-10H2,1-6H3,(H,24,25)/t11-,12-,17+/m0/s1. The second kappa shape index (κ2) is 7.62. The Morgan fingerprint density at radius 3 is 2.48 bits per heavy atom. The normalized spacial score (nSPS) is 27.4. The molecule has 8 nitrogen and oxygen atoms in total. The molecule has 0 aromatic rings. The van der Waals surface area contributed by atoms with Gasteiger partial charge in [-0.05, 0) is 24.6 Å². The molecule has 2 saturated heterocycles. The Labute approximate surface area is 176 Å². The minimum Gasteiger partial charge on any atom is -0.449 e. The Kier molecular flexibility index (Phi) is 5.83. The summed E-state index contributed by atoms with van der Waals surface area (Å²) in [6.45, 7) is 11.1. The Balaban J connectivity index is 1.72. The molecule has 0 saturated carbocycles. The van der Waals surface area contributed by atoms with E-state index < -0.39 is 14.5 Å². The molecule has 3 aliphatic heterocycles. The van der Waals surface area contributed by atoms with Crippen molar-refractivity contribution >= 4 is 38.0 Å². The van der Waals surface area contributed by atoms with Gasteiger partial charge < -0.3 is 19.2 Å². The van der Waals surface area contributed by atoms with Crippen molar-refractivity contribution in [3.8, 4) is 0 Å². The maximum atomic E-state index is 12.8. The molecular weight excluding hydrogens is 412 g/mol. The molecule has 3 aliphatic rings. The van der Waals surface area contributed by atoms with Crippen LogP contribution < -0.4 is 0 Å². The first-order valence-electron chi connectivity index (χ1n) is 9.87. The van der Waals surface area contributed by atoms with Gasteiger partial charge in [-0.3, -0.25) is 14.5 Å². The third kappa shape index (κ3) is 4.06. The van der Waals surface area contributed by atoms with Gasteiger partial charge in [-0.15, -0.1) is 0 Å². The van der Waals surface area contributed by atoms with E-state index in [2.05, 4.69) is 33.9 Å². The highest BCUT2D eigenvalue weighted by Gasteiger charge is 2.56. The predicted octanol–water partition coefficient (Wildman–Crippen LogP) is 3.41. The van der Waals surface area contributed by atoms with Gasteiger partial charge in [0.1, 0.15) is 5.37 Å². The molecule has 0 aliphatic carbocycles. The predicted molar refractivity (Wildman–Crippen MR) is 111 cm³/mol. The van der Waals surface area contributed by atoms with E-state index in [1.54, 1.807) is 11.9 Å². The summed E-state index contributed by atoms with van der Waals surface area (Å²) in [5.74, 6) is -0.293. The molecule has 2 fully saturated rings. The van der Waals surface area contributed by atoms with Crippen molar-refractivity contribution < 1.29 is 28.7 Å². The number of fused-ring (bicyclic) bond motifs is 1. The summed E-state index contributed by atoms with van der Waals surface area (Å²) in [5, 5.41) is 8.97. The minimum absolute atomic E-state index is 0.00636.